The molecule has 0 spiro atoms. The van der Waals surface area contributed by atoms with Crippen molar-refractivity contribution in [1.29, 1.82) is 0 Å². The SMILES string of the molecule is CCc1ncc(C(=O)Nc2ccc(OC)cc2)c(C)n1. The van der Waals surface area contributed by atoms with E-state index >= 15 is 0 Å². The fourth-order valence-electron chi connectivity index (χ4n) is 1.78. The summed E-state index contributed by atoms with van der Waals surface area (Å²) >= 11 is 0. The van der Waals surface area contributed by atoms with E-state index in [2.05, 4.69) is 15.3 Å². The third-order valence-electron chi connectivity index (χ3n) is 2.94. The molecule has 0 atom stereocenters. The Balaban J connectivity index is 2.14. The van der Waals surface area contributed by atoms with Crippen LogP contribution in [0.4, 0.5) is 5.69 Å². The van der Waals surface area contributed by atoms with Crippen molar-refractivity contribution in [2.24, 2.45) is 0 Å². The molecule has 0 aliphatic heterocycles. The minimum Gasteiger partial charge on any atom is -0.497 e. The Kier molecular flexibility index (Phi) is 4.30. The van der Waals surface area contributed by atoms with Crippen LogP contribution in [-0.4, -0.2) is 23.0 Å². The predicted molar refractivity (Wildman–Crippen MR) is 77.1 cm³/mol. The van der Waals surface area contributed by atoms with Crippen molar-refractivity contribution in [2.75, 3.05) is 12.4 Å². The van der Waals surface area contributed by atoms with Crippen LogP contribution in [0.25, 0.3) is 0 Å². The number of amides is 1. The normalized spacial score (nSPS) is 10.2. The number of hydrogen-bond donors (Lipinski definition) is 1. The number of nitrogens with one attached hydrogen (secondary N) is 1. The van der Waals surface area contributed by atoms with Gasteiger partial charge in [0, 0.05) is 18.3 Å². The Morgan fingerprint density at radius 1 is 1.30 bits per heavy atom. The minimum atomic E-state index is -0.213. The zero-order valence-electron chi connectivity index (χ0n) is 11.8. The average Bonchev–Trinajstić information content (AvgIpc) is 2.47. The van der Waals surface area contributed by atoms with Crippen LogP contribution >= 0.6 is 0 Å². The summed E-state index contributed by atoms with van der Waals surface area (Å²) < 4.78 is 5.07. The Labute approximate surface area is 118 Å². The fourth-order valence-corrected chi connectivity index (χ4v) is 1.78. The highest BCUT2D eigenvalue weighted by Gasteiger charge is 2.11. The number of aryl methyl sites for hydroxylation is 2. The maximum absolute atomic E-state index is 12.2. The number of nitrogens with zero attached hydrogens (tertiary/aromatic N) is 2. The van der Waals surface area contributed by atoms with Gasteiger partial charge in [0.2, 0.25) is 0 Å². The van der Waals surface area contributed by atoms with E-state index in [9.17, 15) is 4.79 Å². The smallest absolute Gasteiger partial charge is 0.259 e. The number of carbonyl (C=O) groups is 1. The molecule has 5 nitrogen and oxygen atoms in total. The van der Waals surface area contributed by atoms with Gasteiger partial charge in [-0.05, 0) is 31.2 Å². The first kappa shape index (κ1) is 14.0. The third-order valence-corrected chi connectivity index (χ3v) is 2.94. The van der Waals surface area contributed by atoms with E-state index in [0.717, 1.165) is 18.0 Å². The summed E-state index contributed by atoms with van der Waals surface area (Å²) in [7, 11) is 1.60. The number of rotatable bonds is 4. The number of anilines is 1. The van der Waals surface area contributed by atoms with Crippen molar-refractivity contribution >= 4 is 11.6 Å². The number of hydrogen-bond acceptors (Lipinski definition) is 4. The molecule has 0 saturated heterocycles. The van der Waals surface area contributed by atoms with Crippen LogP contribution in [-0.2, 0) is 6.42 Å². The number of carbonyl (C=O) groups excluding carboxylic acids is 1. The van der Waals surface area contributed by atoms with Crippen LogP contribution in [0.5, 0.6) is 5.75 Å². The Morgan fingerprint density at radius 3 is 2.55 bits per heavy atom. The summed E-state index contributed by atoms with van der Waals surface area (Å²) in [6.45, 7) is 3.79. The van der Waals surface area contributed by atoms with E-state index in [-0.39, 0.29) is 5.91 Å². The largest absolute Gasteiger partial charge is 0.497 e. The maximum Gasteiger partial charge on any atom is 0.259 e. The summed E-state index contributed by atoms with van der Waals surface area (Å²) in [5.74, 6) is 1.27. The van der Waals surface area contributed by atoms with Gasteiger partial charge in [-0.2, -0.15) is 0 Å². The van der Waals surface area contributed by atoms with Crippen LogP contribution in [0, 0.1) is 6.92 Å². The molecule has 1 heterocycles. The van der Waals surface area contributed by atoms with Gasteiger partial charge >= 0.3 is 0 Å². The third kappa shape index (κ3) is 3.12. The molecule has 1 N–H and O–H groups in total. The van der Waals surface area contributed by atoms with E-state index in [1.54, 1.807) is 37.6 Å². The molecule has 0 bridgehead atoms. The van der Waals surface area contributed by atoms with Crippen LogP contribution in [0.1, 0.15) is 28.8 Å². The summed E-state index contributed by atoms with van der Waals surface area (Å²) in [4.78, 5) is 20.6. The highest BCUT2D eigenvalue weighted by molar-refractivity contribution is 6.04. The average molecular weight is 271 g/mol. The van der Waals surface area contributed by atoms with Crippen molar-refractivity contribution in [2.45, 2.75) is 20.3 Å². The minimum absolute atomic E-state index is 0.213. The summed E-state index contributed by atoms with van der Waals surface area (Å²) in [6, 6.07) is 7.15. The first-order valence-electron chi connectivity index (χ1n) is 6.42. The zero-order chi connectivity index (χ0) is 14.5. The summed E-state index contributed by atoms with van der Waals surface area (Å²) in [5, 5.41) is 2.81. The lowest BCUT2D eigenvalue weighted by molar-refractivity contribution is 0.102. The van der Waals surface area contributed by atoms with Gasteiger partial charge in [-0.1, -0.05) is 6.92 Å². The molecule has 0 saturated carbocycles. The molecule has 1 aromatic carbocycles. The molecule has 104 valence electrons. The van der Waals surface area contributed by atoms with Gasteiger partial charge in [0.15, 0.2) is 0 Å². The second-order valence-electron chi connectivity index (χ2n) is 4.32. The zero-order valence-corrected chi connectivity index (χ0v) is 11.8. The van der Waals surface area contributed by atoms with Crippen molar-refractivity contribution in [3.05, 3.63) is 47.5 Å². The molecular weight excluding hydrogens is 254 g/mol. The van der Waals surface area contributed by atoms with E-state index in [1.807, 2.05) is 13.8 Å². The maximum atomic E-state index is 12.2. The number of benzene rings is 1. The molecule has 0 unspecified atom stereocenters. The van der Waals surface area contributed by atoms with Gasteiger partial charge in [-0.15, -0.1) is 0 Å². The van der Waals surface area contributed by atoms with Crippen molar-refractivity contribution in [3.63, 3.8) is 0 Å². The lowest BCUT2D eigenvalue weighted by Crippen LogP contribution is -2.15. The fraction of sp³-hybridized carbons (Fsp3) is 0.267. The first-order chi connectivity index (χ1) is 9.63. The topological polar surface area (TPSA) is 64.1 Å². The molecular formula is C15H17N3O2. The van der Waals surface area contributed by atoms with Crippen LogP contribution in [0.15, 0.2) is 30.5 Å². The molecule has 2 aromatic rings. The van der Waals surface area contributed by atoms with Gasteiger partial charge in [-0.3, -0.25) is 4.79 Å². The monoisotopic (exact) mass is 271 g/mol. The lowest BCUT2D eigenvalue weighted by Gasteiger charge is -2.08. The van der Waals surface area contributed by atoms with Crippen LogP contribution < -0.4 is 10.1 Å². The number of methoxy groups -OCH3 is 1. The highest BCUT2D eigenvalue weighted by Crippen LogP contribution is 2.16. The van der Waals surface area contributed by atoms with Crippen LogP contribution in [0.2, 0.25) is 0 Å². The summed E-state index contributed by atoms with van der Waals surface area (Å²) in [5.41, 5.74) is 1.87. The van der Waals surface area contributed by atoms with Crippen molar-refractivity contribution < 1.29 is 9.53 Å². The molecule has 5 heteroatoms. The highest BCUT2D eigenvalue weighted by atomic mass is 16.5. The Bertz CT molecular complexity index is 609. The van der Waals surface area contributed by atoms with Crippen LogP contribution in [0.3, 0.4) is 0 Å². The van der Waals surface area contributed by atoms with Gasteiger partial charge in [0.1, 0.15) is 11.6 Å². The van der Waals surface area contributed by atoms with Gasteiger partial charge in [-0.25, -0.2) is 9.97 Å². The lowest BCUT2D eigenvalue weighted by atomic mass is 10.2. The van der Waals surface area contributed by atoms with Crippen molar-refractivity contribution in [1.82, 2.24) is 9.97 Å². The van der Waals surface area contributed by atoms with Crippen molar-refractivity contribution in [3.8, 4) is 5.75 Å². The van der Waals surface area contributed by atoms with Gasteiger partial charge in [0.25, 0.3) is 5.91 Å². The number of aromatic nitrogens is 2. The Morgan fingerprint density at radius 2 is 2.00 bits per heavy atom. The molecule has 1 amide bonds. The molecule has 0 aliphatic rings. The molecule has 1 aromatic heterocycles. The molecule has 0 radical (unpaired) electrons. The second-order valence-corrected chi connectivity index (χ2v) is 4.32. The molecule has 2 rings (SSSR count). The van der Waals surface area contributed by atoms with E-state index < -0.39 is 0 Å². The molecule has 0 aliphatic carbocycles. The predicted octanol–water partition coefficient (Wildman–Crippen LogP) is 2.61. The van der Waals surface area contributed by atoms with E-state index in [1.165, 1.54) is 0 Å². The van der Waals surface area contributed by atoms with Gasteiger partial charge < -0.3 is 10.1 Å². The van der Waals surface area contributed by atoms with Gasteiger partial charge in [0.05, 0.1) is 18.4 Å². The standard InChI is InChI=1S/C15H17N3O2/c1-4-14-16-9-13(10(2)17-14)15(19)18-11-5-7-12(20-3)8-6-11/h5-9H,4H2,1-3H3,(H,18,19). The first-order valence-corrected chi connectivity index (χ1v) is 6.42. The van der Waals surface area contributed by atoms with E-state index in [0.29, 0.717) is 16.9 Å². The summed E-state index contributed by atoms with van der Waals surface area (Å²) in [6.07, 6.45) is 2.32. The Hall–Kier alpha value is -2.43. The van der Waals surface area contributed by atoms with E-state index in [4.69, 9.17) is 4.74 Å². The quantitative estimate of drug-likeness (QED) is 0.928. The number of ether oxygens (including phenoxy) is 1. The second kappa shape index (κ2) is 6.14. The molecule has 20 heavy (non-hydrogen) atoms. The molecule has 0 fully saturated rings.